The van der Waals surface area contributed by atoms with Gasteiger partial charge in [-0.15, -0.1) is 5.10 Å². The van der Waals surface area contributed by atoms with Gasteiger partial charge in [0.25, 0.3) is 5.69 Å². The highest BCUT2D eigenvalue weighted by molar-refractivity contribution is 6.32. The fraction of sp³-hybridized carbons (Fsp3) is 0.333. The first-order chi connectivity index (χ1) is 9.63. The molecule has 1 aromatic carbocycles. The van der Waals surface area contributed by atoms with Crippen LogP contribution in [0.15, 0.2) is 24.4 Å². The zero-order valence-electron chi connectivity index (χ0n) is 10.5. The number of nitrogens with zero attached hydrogens (tertiary/aromatic N) is 4. The maximum atomic E-state index is 10.7. The van der Waals surface area contributed by atoms with Crippen molar-refractivity contribution in [3.63, 3.8) is 0 Å². The molecule has 8 heteroatoms. The monoisotopic (exact) mass is 293 g/mol. The molecule has 2 aromatic rings. The third-order valence-corrected chi connectivity index (χ3v) is 3.38. The molecule has 0 aliphatic heterocycles. The predicted octanol–water partition coefficient (Wildman–Crippen LogP) is 2.08. The lowest BCUT2D eigenvalue weighted by Gasteiger charge is -2.02. The van der Waals surface area contributed by atoms with E-state index >= 15 is 0 Å². The summed E-state index contributed by atoms with van der Waals surface area (Å²) in [6.45, 7) is 0.662. The van der Waals surface area contributed by atoms with Gasteiger partial charge in [-0.25, -0.2) is 4.68 Å². The van der Waals surface area contributed by atoms with Crippen molar-refractivity contribution in [1.82, 2.24) is 20.3 Å². The number of hydrogen-bond donors (Lipinski definition) is 1. The van der Waals surface area contributed by atoms with Gasteiger partial charge in [-0.1, -0.05) is 16.8 Å². The van der Waals surface area contributed by atoms with Crippen molar-refractivity contribution in [2.45, 2.75) is 25.4 Å². The summed E-state index contributed by atoms with van der Waals surface area (Å²) in [6, 6.07) is 4.86. The van der Waals surface area contributed by atoms with E-state index < -0.39 is 4.92 Å². The number of aromatic nitrogens is 3. The second-order valence-corrected chi connectivity index (χ2v) is 5.11. The number of rotatable bonds is 5. The molecule has 1 aliphatic carbocycles. The summed E-state index contributed by atoms with van der Waals surface area (Å²) in [4.78, 5) is 10.2. The first kappa shape index (κ1) is 13.0. The fourth-order valence-corrected chi connectivity index (χ4v) is 2.09. The highest BCUT2D eigenvalue weighted by Gasteiger charge is 2.20. The van der Waals surface area contributed by atoms with E-state index in [9.17, 15) is 10.1 Å². The average Bonchev–Trinajstić information content (AvgIpc) is 3.14. The Morgan fingerprint density at radius 2 is 2.30 bits per heavy atom. The van der Waals surface area contributed by atoms with Gasteiger partial charge in [0.2, 0.25) is 0 Å². The van der Waals surface area contributed by atoms with Crippen molar-refractivity contribution >= 4 is 17.3 Å². The molecule has 7 nitrogen and oxygen atoms in total. The maximum absolute atomic E-state index is 10.7. The smallest absolute Gasteiger partial charge is 0.271 e. The van der Waals surface area contributed by atoms with E-state index in [2.05, 4.69) is 15.6 Å². The molecular formula is C12H12ClN5O2. The Morgan fingerprint density at radius 3 is 2.95 bits per heavy atom. The Hall–Kier alpha value is -1.99. The highest BCUT2D eigenvalue weighted by Crippen LogP contribution is 2.25. The SMILES string of the molecule is O=[N+]([O-])c1ccc(-n2cc(CNC3CC3)nn2)c(Cl)c1. The normalized spacial score (nSPS) is 14.4. The van der Waals surface area contributed by atoms with Crippen LogP contribution in [0.2, 0.25) is 5.02 Å². The number of nitro groups is 1. The average molecular weight is 294 g/mol. The molecule has 0 amide bonds. The molecule has 104 valence electrons. The summed E-state index contributed by atoms with van der Waals surface area (Å²) in [6.07, 6.45) is 4.19. The summed E-state index contributed by atoms with van der Waals surface area (Å²) in [5.74, 6) is 0. The molecule has 3 rings (SSSR count). The lowest BCUT2D eigenvalue weighted by Crippen LogP contribution is -2.15. The van der Waals surface area contributed by atoms with Crippen LogP contribution >= 0.6 is 11.6 Å². The minimum atomic E-state index is -0.484. The zero-order valence-corrected chi connectivity index (χ0v) is 11.2. The molecule has 1 heterocycles. The molecule has 1 fully saturated rings. The van der Waals surface area contributed by atoms with Crippen LogP contribution in [-0.4, -0.2) is 26.0 Å². The fourth-order valence-electron chi connectivity index (χ4n) is 1.83. The van der Waals surface area contributed by atoms with E-state index in [1.54, 1.807) is 12.3 Å². The topological polar surface area (TPSA) is 85.9 Å². The third-order valence-electron chi connectivity index (χ3n) is 3.08. The molecule has 0 atom stereocenters. The van der Waals surface area contributed by atoms with Crippen LogP contribution in [0.1, 0.15) is 18.5 Å². The number of benzene rings is 1. The number of nitro benzene ring substituents is 1. The second-order valence-electron chi connectivity index (χ2n) is 4.70. The van der Waals surface area contributed by atoms with Crippen LogP contribution in [0.4, 0.5) is 5.69 Å². The standard InChI is InChI=1S/C12H12ClN5O2/c13-11-5-10(18(19)20)3-4-12(11)17-7-9(15-16-17)6-14-8-1-2-8/h3-5,7-8,14H,1-2,6H2. The Morgan fingerprint density at radius 1 is 1.50 bits per heavy atom. The van der Waals surface area contributed by atoms with Crippen LogP contribution in [-0.2, 0) is 6.54 Å². The van der Waals surface area contributed by atoms with Gasteiger partial charge in [0.1, 0.15) is 0 Å². The summed E-state index contributed by atoms with van der Waals surface area (Å²) in [5.41, 5.74) is 1.34. The van der Waals surface area contributed by atoms with Gasteiger partial charge in [-0.2, -0.15) is 0 Å². The van der Waals surface area contributed by atoms with E-state index in [0.29, 0.717) is 18.3 Å². The second kappa shape index (κ2) is 5.18. The zero-order chi connectivity index (χ0) is 14.1. The van der Waals surface area contributed by atoms with Crippen LogP contribution in [0.25, 0.3) is 5.69 Å². The van der Waals surface area contributed by atoms with Gasteiger partial charge in [-0.05, 0) is 18.9 Å². The molecule has 20 heavy (non-hydrogen) atoms. The van der Waals surface area contributed by atoms with Crippen LogP contribution < -0.4 is 5.32 Å². The summed E-state index contributed by atoms with van der Waals surface area (Å²) in [7, 11) is 0. The number of halogens is 1. The van der Waals surface area contributed by atoms with Crippen molar-refractivity contribution in [1.29, 1.82) is 0 Å². The van der Waals surface area contributed by atoms with Gasteiger partial charge in [0.05, 0.1) is 27.5 Å². The minimum absolute atomic E-state index is 0.0468. The van der Waals surface area contributed by atoms with E-state index in [1.165, 1.54) is 29.7 Å². The van der Waals surface area contributed by atoms with E-state index in [-0.39, 0.29) is 10.7 Å². The largest absolute Gasteiger partial charge is 0.308 e. The molecule has 1 saturated carbocycles. The van der Waals surface area contributed by atoms with Crippen molar-refractivity contribution in [2.24, 2.45) is 0 Å². The molecule has 0 saturated heterocycles. The number of non-ortho nitro benzene ring substituents is 1. The molecule has 1 N–H and O–H groups in total. The van der Waals surface area contributed by atoms with Crippen molar-refractivity contribution in [3.05, 3.63) is 45.2 Å². The van der Waals surface area contributed by atoms with E-state index in [0.717, 1.165) is 5.69 Å². The van der Waals surface area contributed by atoms with Gasteiger partial charge in [0.15, 0.2) is 0 Å². The molecule has 0 spiro atoms. The Balaban J connectivity index is 1.79. The third kappa shape index (κ3) is 2.78. The first-order valence-electron chi connectivity index (χ1n) is 6.22. The lowest BCUT2D eigenvalue weighted by molar-refractivity contribution is -0.384. The molecule has 1 aromatic heterocycles. The van der Waals surface area contributed by atoms with Crippen LogP contribution in [0, 0.1) is 10.1 Å². The van der Waals surface area contributed by atoms with Crippen molar-refractivity contribution in [3.8, 4) is 5.69 Å². The van der Waals surface area contributed by atoms with E-state index in [4.69, 9.17) is 11.6 Å². The van der Waals surface area contributed by atoms with E-state index in [1.807, 2.05) is 0 Å². The minimum Gasteiger partial charge on any atom is -0.308 e. The van der Waals surface area contributed by atoms with Gasteiger partial charge >= 0.3 is 0 Å². The van der Waals surface area contributed by atoms with Gasteiger partial charge in [0, 0.05) is 24.7 Å². The maximum Gasteiger partial charge on any atom is 0.271 e. The van der Waals surface area contributed by atoms with Crippen molar-refractivity contribution in [2.75, 3.05) is 0 Å². The number of hydrogen-bond acceptors (Lipinski definition) is 5. The molecule has 0 bridgehead atoms. The van der Waals surface area contributed by atoms with Crippen molar-refractivity contribution < 1.29 is 4.92 Å². The molecule has 0 unspecified atom stereocenters. The van der Waals surface area contributed by atoms with Gasteiger partial charge < -0.3 is 5.32 Å². The number of nitrogens with one attached hydrogen (secondary N) is 1. The summed E-state index contributed by atoms with van der Waals surface area (Å²) < 4.78 is 1.52. The Kier molecular flexibility index (Phi) is 3.37. The van der Waals surface area contributed by atoms with Crippen LogP contribution in [0.3, 0.4) is 0 Å². The quantitative estimate of drug-likeness (QED) is 0.674. The summed E-state index contributed by atoms with van der Waals surface area (Å²) in [5, 5.41) is 22.3. The predicted molar refractivity (Wildman–Crippen MR) is 72.9 cm³/mol. The molecular weight excluding hydrogens is 282 g/mol. The highest BCUT2D eigenvalue weighted by atomic mass is 35.5. The first-order valence-corrected chi connectivity index (χ1v) is 6.60. The molecule has 1 aliphatic rings. The Labute approximate surface area is 119 Å². The van der Waals surface area contributed by atoms with Crippen LogP contribution in [0.5, 0.6) is 0 Å². The molecule has 0 radical (unpaired) electrons. The summed E-state index contributed by atoms with van der Waals surface area (Å²) >= 11 is 6.05. The lowest BCUT2D eigenvalue weighted by atomic mass is 10.3. The Bertz CT molecular complexity index is 653. The van der Waals surface area contributed by atoms with Gasteiger partial charge in [-0.3, -0.25) is 10.1 Å².